The zero-order valence-electron chi connectivity index (χ0n) is 17.7. The predicted octanol–water partition coefficient (Wildman–Crippen LogP) is 9.26. The van der Waals surface area contributed by atoms with Crippen molar-refractivity contribution in [3.63, 3.8) is 0 Å². The van der Waals surface area contributed by atoms with Crippen molar-refractivity contribution in [3.8, 4) is 19.5 Å². The molecule has 0 saturated heterocycles. The monoisotopic (exact) mass is 444 g/mol. The Morgan fingerprint density at radius 3 is 2.07 bits per heavy atom. The number of carbonyl (C=O) groups is 1. The first-order valence-electron chi connectivity index (χ1n) is 11.0. The summed E-state index contributed by atoms with van der Waals surface area (Å²) in [6, 6.07) is 8.96. The van der Waals surface area contributed by atoms with Gasteiger partial charge in [-0.1, -0.05) is 52.4 Å². The van der Waals surface area contributed by atoms with E-state index in [1.54, 1.807) is 11.3 Å². The van der Waals surface area contributed by atoms with Crippen LogP contribution in [0.25, 0.3) is 19.5 Å². The summed E-state index contributed by atoms with van der Waals surface area (Å²) in [5, 5.41) is 2.23. The highest BCUT2D eigenvalue weighted by atomic mass is 32.1. The first-order valence-corrected chi connectivity index (χ1v) is 13.5. The smallest absolute Gasteiger partial charge is 0.160 e. The summed E-state index contributed by atoms with van der Waals surface area (Å²) < 4.78 is 0. The van der Waals surface area contributed by atoms with Gasteiger partial charge < -0.3 is 0 Å². The van der Waals surface area contributed by atoms with Crippen molar-refractivity contribution in [3.05, 3.63) is 45.6 Å². The molecule has 0 aliphatic heterocycles. The molecule has 0 N–H and O–H groups in total. The second kappa shape index (κ2) is 11.8. The molecule has 0 bridgehead atoms. The second-order valence-corrected chi connectivity index (χ2v) is 10.8. The van der Waals surface area contributed by atoms with Crippen molar-refractivity contribution >= 4 is 40.3 Å². The molecular formula is C25H32OS3. The number of aryl methyl sites for hydroxylation is 2. The summed E-state index contributed by atoms with van der Waals surface area (Å²) in [5.74, 6) is 0. The molecule has 0 aromatic carbocycles. The van der Waals surface area contributed by atoms with Crippen molar-refractivity contribution in [1.29, 1.82) is 0 Å². The maximum Gasteiger partial charge on any atom is 0.160 e. The van der Waals surface area contributed by atoms with E-state index in [4.69, 9.17) is 0 Å². The van der Waals surface area contributed by atoms with E-state index in [0.717, 1.165) is 17.6 Å². The molecule has 4 heteroatoms. The highest BCUT2D eigenvalue weighted by Crippen LogP contribution is 2.42. The standard InChI is InChI=1S/C25H32OS3/c1-3-5-7-9-11-19-15-16-27-24(19)22-13-14-23(29-22)25-20(12-10-8-6-4-2)17-21(18-26)28-25/h13-18H,3-12H2,1-2H3. The van der Waals surface area contributed by atoms with Crippen LogP contribution in [0.5, 0.6) is 0 Å². The maximum atomic E-state index is 11.4. The predicted molar refractivity (Wildman–Crippen MR) is 132 cm³/mol. The number of rotatable bonds is 13. The Balaban J connectivity index is 1.76. The largest absolute Gasteiger partial charge is 0.297 e. The fraction of sp³-hybridized carbons (Fsp3) is 0.480. The maximum absolute atomic E-state index is 11.4. The molecule has 0 amide bonds. The molecule has 0 atom stereocenters. The topological polar surface area (TPSA) is 17.1 Å². The SMILES string of the molecule is CCCCCCc1ccsc1-c1ccc(-c2sc(C=O)cc2CCCCCC)s1. The van der Waals surface area contributed by atoms with Gasteiger partial charge in [0.15, 0.2) is 6.29 Å². The molecule has 0 fully saturated rings. The van der Waals surface area contributed by atoms with Gasteiger partial charge in [0.05, 0.1) is 4.88 Å². The van der Waals surface area contributed by atoms with Gasteiger partial charge in [0.2, 0.25) is 0 Å². The van der Waals surface area contributed by atoms with Gasteiger partial charge in [-0.05, 0) is 66.5 Å². The molecule has 0 saturated carbocycles. The quantitative estimate of drug-likeness (QED) is 0.190. The number of carbonyl (C=O) groups excluding carboxylic acids is 1. The number of hydrogen-bond acceptors (Lipinski definition) is 4. The summed E-state index contributed by atoms with van der Waals surface area (Å²) in [5.41, 5.74) is 2.85. The summed E-state index contributed by atoms with van der Waals surface area (Å²) in [6.45, 7) is 4.51. The van der Waals surface area contributed by atoms with Crippen molar-refractivity contribution in [1.82, 2.24) is 0 Å². The van der Waals surface area contributed by atoms with Gasteiger partial charge in [0.1, 0.15) is 0 Å². The van der Waals surface area contributed by atoms with Gasteiger partial charge in [-0.15, -0.1) is 34.0 Å². The summed E-state index contributed by atoms with van der Waals surface area (Å²) in [4.78, 5) is 17.7. The normalized spacial score (nSPS) is 11.2. The third-order valence-electron chi connectivity index (χ3n) is 5.34. The third-order valence-corrected chi connectivity index (χ3v) is 8.85. The average Bonchev–Trinajstić information content (AvgIpc) is 3.47. The molecular weight excluding hydrogens is 412 g/mol. The number of unbranched alkanes of at least 4 members (excludes halogenated alkanes) is 6. The zero-order chi connectivity index (χ0) is 20.5. The average molecular weight is 445 g/mol. The van der Waals surface area contributed by atoms with Crippen LogP contribution in [-0.2, 0) is 12.8 Å². The van der Waals surface area contributed by atoms with Gasteiger partial charge in [-0.2, -0.15) is 0 Å². The van der Waals surface area contributed by atoms with Gasteiger partial charge in [0, 0.05) is 19.5 Å². The zero-order valence-corrected chi connectivity index (χ0v) is 20.1. The van der Waals surface area contributed by atoms with Crippen LogP contribution >= 0.6 is 34.0 Å². The molecule has 29 heavy (non-hydrogen) atoms. The van der Waals surface area contributed by atoms with Gasteiger partial charge in [-0.25, -0.2) is 0 Å². The van der Waals surface area contributed by atoms with Crippen LogP contribution in [0.15, 0.2) is 29.6 Å². The van der Waals surface area contributed by atoms with Crippen LogP contribution in [0.4, 0.5) is 0 Å². The molecule has 3 aromatic heterocycles. The van der Waals surface area contributed by atoms with Crippen LogP contribution in [0.3, 0.4) is 0 Å². The molecule has 0 spiro atoms. The Hall–Kier alpha value is -1.23. The molecule has 0 aliphatic carbocycles. The van der Waals surface area contributed by atoms with E-state index in [-0.39, 0.29) is 0 Å². The summed E-state index contributed by atoms with van der Waals surface area (Å²) >= 11 is 5.41. The van der Waals surface area contributed by atoms with E-state index in [1.807, 2.05) is 22.7 Å². The Bertz CT molecular complexity index is 884. The third kappa shape index (κ3) is 6.13. The summed E-state index contributed by atoms with van der Waals surface area (Å²) in [6.07, 6.45) is 13.5. The lowest BCUT2D eigenvalue weighted by Gasteiger charge is -2.03. The van der Waals surface area contributed by atoms with E-state index in [2.05, 4.69) is 43.5 Å². The minimum absolute atomic E-state index is 0.855. The van der Waals surface area contributed by atoms with Gasteiger partial charge >= 0.3 is 0 Å². The molecule has 3 heterocycles. The van der Waals surface area contributed by atoms with E-state index in [0.29, 0.717) is 0 Å². The van der Waals surface area contributed by atoms with Crippen LogP contribution in [0.2, 0.25) is 0 Å². The second-order valence-electron chi connectivity index (χ2n) is 7.68. The van der Waals surface area contributed by atoms with Gasteiger partial charge in [0.25, 0.3) is 0 Å². The molecule has 0 aliphatic rings. The highest BCUT2D eigenvalue weighted by molar-refractivity contribution is 7.26. The first kappa shape index (κ1) is 22.5. The number of thiophene rings is 3. The van der Waals surface area contributed by atoms with Crippen LogP contribution < -0.4 is 0 Å². The molecule has 3 rings (SSSR count). The van der Waals surface area contributed by atoms with Crippen molar-refractivity contribution in [2.45, 2.75) is 78.1 Å². The van der Waals surface area contributed by atoms with Crippen molar-refractivity contribution in [2.24, 2.45) is 0 Å². The van der Waals surface area contributed by atoms with E-state index in [1.165, 1.54) is 88.4 Å². The minimum atomic E-state index is 0.855. The van der Waals surface area contributed by atoms with E-state index >= 15 is 0 Å². The fourth-order valence-corrected chi connectivity index (χ4v) is 7.01. The lowest BCUT2D eigenvalue weighted by Crippen LogP contribution is -1.85. The van der Waals surface area contributed by atoms with Crippen LogP contribution in [0.1, 0.15) is 86.0 Å². The van der Waals surface area contributed by atoms with E-state index in [9.17, 15) is 4.79 Å². The lowest BCUT2D eigenvalue weighted by atomic mass is 10.1. The highest BCUT2D eigenvalue weighted by Gasteiger charge is 2.15. The molecule has 3 aromatic rings. The van der Waals surface area contributed by atoms with Crippen molar-refractivity contribution < 1.29 is 4.79 Å². The molecule has 156 valence electrons. The Kier molecular flexibility index (Phi) is 9.16. The minimum Gasteiger partial charge on any atom is -0.297 e. The Morgan fingerprint density at radius 2 is 1.41 bits per heavy atom. The fourth-order valence-electron chi connectivity index (χ4n) is 3.72. The van der Waals surface area contributed by atoms with Crippen LogP contribution in [-0.4, -0.2) is 6.29 Å². The molecule has 0 unspecified atom stereocenters. The Labute approximate surface area is 187 Å². The summed E-state index contributed by atoms with van der Waals surface area (Å²) in [7, 11) is 0. The van der Waals surface area contributed by atoms with E-state index < -0.39 is 0 Å². The van der Waals surface area contributed by atoms with Crippen LogP contribution in [0, 0.1) is 0 Å². The number of hydrogen-bond donors (Lipinski definition) is 0. The Morgan fingerprint density at radius 1 is 0.759 bits per heavy atom. The molecule has 0 radical (unpaired) electrons. The number of aldehydes is 1. The first-order chi connectivity index (χ1) is 14.3. The van der Waals surface area contributed by atoms with Gasteiger partial charge in [-0.3, -0.25) is 4.79 Å². The van der Waals surface area contributed by atoms with Crippen molar-refractivity contribution in [2.75, 3.05) is 0 Å². The lowest BCUT2D eigenvalue weighted by molar-refractivity contribution is 0.112. The molecule has 1 nitrogen and oxygen atoms in total.